The molecule has 1 saturated heterocycles. The van der Waals surface area contributed by atoms with Crippen molar-refractivity contribution in [3.8, 4) is 0 Å². The van der Waals surface area contributed by atoms with Crippen molar-refractivity contribution in [2.45, 2.75) is 31.7 Å². The lowest BCUT2D eigenvalue weighted by Gasteiger charge is -2.37. The SMILES string of the molecule is O=[N+]([O-])c1cc(Br)ccc1N1CCCC[C@@H]1CCO. The van der Waals surface area contributed by atoms with E-state index in [1.54, 1.807) is 12.1 Å². The van der Waals surface area contributed by atoms with E-state index < -0.39 is 0 Å². The average molecular weight is 329 g/mol. The number of hydrogen-bond acceptors (Lipinski definition) is 4. The maximum absolute atomic E-state index is 11.2. The summed E-state index contributed by atoms with van der Waals surface area (Å²) in [6.07, 6.45) is 3.79. The second kappa shape index (κ2) is 6.34. The van der Waals surface area contributed by atoms with Gasteiger partial charge in [0.2, 0.25) is 0 Å². The molecule has 0 spiro atoms. The molecule has 1 aliphatic heterocycles. The van der Waals surface area contributed by atoms with Crippen LogP contribution in [-0.2, 0) is 0 Å². The maximum atomic E-state index is 11.2. The van der Waals surface area contributed by atoms with Gasteiger partial charge in [-0.15, -0.1) is 0 Å². The van der Waals surface area contributed by atoms with E-state index in [1.165, 1.54) is 0 Å². The molecular formula is C13H17BrN2O3. The van der Waals surface area contributed by atoms with Crippen LogP contribution in [0.4, 0.5) is 11.4 Å². The summed E-state index contributed by atoms with van der Waals surface area (Å²) in [6, 6.07) is 5.35. The summed E-state index contributed by atoms with van der Waals surface area (Å²) in [5, 5.41) is 20.3. The Morgan fingerprint density at radius 1 is 1.47 bits per heavy atom. The van der Waals surface area contributed by atoms with Crippen molar-refractivity contribution in [2.24, 2.45) is 0 Å². The van der Waals surface area contributed by atoms with Gasteiger partial charge in [0.05, 0.1) is 4.92 Å². The third kappa shape index (κ3) is 3.25. The molecule has 1 aromatic carbocycles. The molecule has 2 rings (SSSR count). The predicted molar refractivity (Wildman–Crippen MR) is 77.5 cm³/mol. The van der Waals surface area contributed by atoms with Crippen molar-refractivity contribution < 1.29 is 10.0 Å². The van der Waals surface area contributed by atoms with Crippen LogP contribution in [0.15, 0.2) is 22.7 Å². The van der Waals surface area contributed by atoms with Gasteiger partial charge in [0.25, 0.3) is 5.69 Å². The van der Waals surface area contributed by atoms with Crippen molar-refractivity contribution in [3.05, 3.63) is 32.8 Å². The molecule has 1 fully saturated rings. The van der Waals surface area contributed by atoms with E-state index in [4.69, 9.17) is 5.11 Å². The standard InChI is InChI=1S/C13H17BrN2O3/c14-10-4-5-12(13(9-10)16(18)19)15-7-2-1-3-11(15)6-8-17/h4-5,9,11,17H,1-3,6-8H2/t11-/m1/s1. The predicted octanol–water partition coefficient (Wildman–Crippen LogP) is 3.10. The summed E-state index contributed by atoms with van der Waals surface area (Å²) in [5.74, 6) is 0. The van der Waals surface area contributed by atoms with E-state index in [0.717, 1.165) is 25.8 Å². The minimum atomic E-state index is -0.343. The van der Waals surface area contributed by atoms with Gasteiger partial charge in [-0.1, -0.05) is 15.9 Å². The van der Waals surface area contributed by atoms with Gasteiger partial charge in [0.1, 0.15) is 5.69 Å². The monoisotopic (exact) mass is 328 g/mol. The summed E-state index contributed by atoms with van der Waals surface area (Å²) >= 11 is 3.27. The molecule has 6 heteroatoms. The quantitative estimate of drug-likeness (QED) is 0.681. The topological polar surface area (TPSA) is 66.6 Å². The zero-order valence-electron chi connectivity index (χ0n) is 10.6. The highest BCUT2D eigenvalue weighted by molar-refractivity contribution is 9.10. The van der Waals surface area contributed by atoms with Crippen LogP contribution in [0.1, 0.15) is 25.7 Å². The first kappa shape index (κ1) is 14.3. The van der Waals surface area contributed by atoms with Crippen LogP contribution >= 0.6 is 15.9 Å². The zero-order valence-corrected chi connectivity index (χ0v) is 12.2. The molecule has 0 saturated carbocycles. The molecule has 1 aromatic rings. The summed E-state index contributed by atoms with van der Waals surface area (Å²) in [6.45, 7) is 0.929. The van der Waals surface area contributed by atoms with Gasteiger partial charge in [0, 0.05) is 29.7 Å². The van der Waals surface area contributed by atoms with Gasteiger partial charge in [-0.2, -0.15) is 0 Å². The van der Waals surface area contributed by atoms with Crippen molar-refractivity contribution in [1.29, 1.82) is 0 Å². The second-order valence-electron chi connectivity index (χ2n) is 4.75. The summed E-state index contributed by atoms with van der Waals surface area (Å²) in [7, 11) is 0. The Balaban J connectivity index is 2.35. The van der Waals surface area contributed by atoms with Crippen LogP contribution in [0.2, 0.25) is 0 Å². The molecule has 1 aliphatic rings. The van der Waals surface area contributed by atoms with Crippen LogP contribution in [-0.4, -0.2) is 29.2 Å². The molecule has 0 unspecified atom stereocenters. The van der Waals surface area contributed by atoms with Gasteiger partial charge in [0.15, 0.2) is 0 Å². The molecule has 0 bridgehead atoms. The highest BCUT2D eigenvalue weighted by Gasteiger charge is 2.27. The molecule has 0 amide bonds. The number of anilines is 1. The van der Waals surface area contributed by atoms with Crippen molar-refractivity contribution in [1.82, 2.24) is 0 Å². The number of piperidine rings is 1. The van der Waals surface area contributed by atoms with Gasteiger partial charge < -0.3 is 10.0 Å². The summed E-state index contributed by atoms with van der Waals surface area (Å²) in [4.78, 5) is 12.9. The van der Waals surface area contributed by atoms with E-state index in [0.29, 0.717) is 16.6 Å². The minimum absolute atomic E-state index is 0.117. The largest absolute Gasteiger partial charge is 0.396 e. The van der Waals surface area contributed by atoms with E-state index in [-0.39, 0.29) is 23.3 Å². The smallest absolute Gasteiger partial charge is 0.293 e. The molecule has 104 valence electrons. The molecule has 1 N–H and O–H groups in total. The Morgan fingerprint density at radius 3 is 2.95 bits per heavy atom. The number of hydrogen-bond donors (Lipinski definition) is 1. The first-order valence-electron chi connectivity index (χ1n) is 6.45. The Bertz CT molecular complexity index is 465. The molecule has 0 radical (unpaired) electrons. The van der Waals surface area contributed by atoms with Crippen LogP contribution in [0.5, 0.6) is 0 Å². The molecular weight excluding hydrogens is 312 g/mol. The van der Waals surface area contributed by atoms with E-state index in [9.17, 15) is 10.1 Å². The first-order valence-corrected chi connectivity index (χ1v) is 7.24. The number of nitro groups is 1. The number of benzene rings is 1. The third-order valence-corrected chi connectivity index (χ3v) is 4.03. The third-order valence-electron chi connectivity index (χ3n) is 3.53. The van der Waals surface area contributed by atoms with Crippen LogP contribution in [0.25, 0.3) is 0 Å². The van der Waals surface area contributed by atoms with Crippen molar-refractivity contribution in [2.75, 3.05) is 18.1 Å². The summed E-state index contributed by atoms with van der Waals surface area (Å²) in [5.41, 5.74) is 0.783. The van der Waals surface area contributed by atoms with Crippen LogP contribution in [0, 0.1) is 10.1 Å². The highest BCUT2D eigenvalue weighted by Crippen LogP contribution is 2.35. The van der Waals surface area contributed by atoms with E-state index in [1.807, 2.05) is 6.07 Å². The molecule has 1 atom stereocenters. The number of nitro benzene ring substituents is 1. The van der Waals surface area contributed by atoms with E-state index in [2.05, 4.69) is 20.8 Å². The number of aliphatic hydroxyl groups excluding tert-OH is 1. The van der Waals surface area contributed by atoms with Gasteiger partial charge in [-0.05, 0) is 37.8 Å². The molecule has 0 aromatic heterocycles. The van der Waals surface area contributed by atoms with Gasteiger partial charge in [-0.25, -0.2) is 0 Å². The van der Waals surface area contributed by atoms with Crippen molar-refractivity contribution in [3.63, 3.8) is 0 Å². The number of aliphatic hydroxyl groups is 1. The Morgan fingerprint density at radius 2 is 2.26 bits per heavy atom. The highest BCUT2D eigenvalue weighted by atomic mass is 79.9. The lowest BCUT2D eigenvalue weighted by Crippen LogP contribution is -2.40. The Hall–Kier alpha value is -1.14. The van der Waals surface area contributed by atoms with Crippen molar-refractivity contribution >= 4 is 27.3 Å². The molecule has 5 nitrogen and oxygen atoms in total. The van der Waals surface area contributed by atoms with E-state index >= 15 is 0 Å². The fourth-order valence-corrected chi connectivity index (χ4v) is 3.00. The summed E-state index contributed by atoms with van der Waals surface area (Å²) < 4.78 is 0.707. The zero-order chi connectivity index (χ0) is 13.8. The van der Waals surface area contributed by atoms with Gasteiger partial charge >= 0.3 is 0 Å². The molecule has 0 aliphatic carbocycles. The average Bonchev–Trinajstić information content (AvgIpc) is 2.40. The lowest BCUT2D eigenvalue weighted by molar-refractivity contribution is -0.384. The maximum Gasteiger partial charge on any atom is 0.293 e. The van der Waals surface area contributed by atoms with Crippen LogP contribution in [0.3, 0.4) is 0 Å². The fraction of sp³-hybridized carbons (Fsp3) is 0.538. The first-order chi connectivity index (χ1) is 9.13. The number of halogens is 1. The Labute approximate surface area is 120 Å². The Kier molecular flexibility index (Phi) is 4.76. The normalized spacial score (nSPS) is 19.5. The van der Waals surface area contributed by atoms with Crippen LogP contribution < -0.4 is 4.90 Å². The van der Waals surface area contributed by atoms with Gasteiger partial charge in [-0.3, -0.25) is 10.1 Å². The number of rotatable bonds is 4. The molecule has 1 heterocycles. The number of nitrogens with zero attached hydrogens (tertiary/aromatic N) is 2. The lowest BCUT2D eigenvalue weighted by atomic mass is 9.98. The second-order valence-corrected chi connectivity index (χ2v) is 5.66. The minimum Gasteiger partial charge on any atom is -0.396 e. The fourth-order valence-electron chi connectivity index (χ4n) is 2.65. The molecule has 19 heavy (non-hydrogen) atoms.